The molecule has 0 N–H and O–H groups in total. The largest absolute Gasteiger partial charge is 0.0952 e. The van der Waals surface area contributed by atoms with Crippen molar-refractivity contribution in [2.24, 2.45) is 17.3 Å². The van der Waals surface area contributed by atoms with E-state index in [1.165, 1.54) is 42.4 Å². The molecule has 1 aromatic carbocycles. The topological polar surface area (TPSA) is 0 Å². The standard InChI is InChI=1S/C22H30/c1-15-7-6-8-18-13-16(2)19-10-9-17(11-12-22(3,4)5)14-20(19)21(15)18/h9-12,14-15,18,21H,2,6-8,13H2,1,3-5H3/b12-11+. The van der Waals surface area contributed by atoms with E-state index in [1.807, 2.05) is 0 Å². The second-order valence-electron chi connectivity index (χ2n) is 8.55. The average Bonchev–Trinajstić information content (AvgIpc) is 2.44. The van der Waals surface area contributed by atoms with Gasteiger partial charge in [-0.1, -0.05) is 77.5 Å². The van der Waals surface area contributed by atoms with Crippen LogP contribution in [-0.4, -0.2) is 0 Å². The van der Waals surface area contributed by atoms with Gasteiger partial charge in [0.15, 0.2) is 0 Å². The van der Waals surface area contributed by atoms with Crippen molar-refractivity contribution in [3.05, 3.63) is 47.5 Å². The summed E-state index contributed by atoms with van der Waals surface area (Å²) in [5.74, 6) is 2.38. The zero-order valence-electron chi connectivity index (χ0n) is 14.7. The minimum absolute atomic E-state index is 0.236. The number of benzene rings is 1. The number of hydrogen-bond donors (Lipinski definition) is 0. The number of rotatable bonds is 1. The van der Waals surface area contributed by atoms with Gasteiger partial charge in [-0.25, -0.2) is 0 Å². The minimum atomic E-state index is 0.236. The van der Waals surface area contributed by atoms with Crippen molar-refractivity contribution in [1.29, 1.82) is 0 Å². The van der Waals surface area contributed by atoms with Crippen molar-refractivity contribution in [3.8, 4) is 0 Å². The first-order chi connectivity index (χ1) is 10.3. The van der Waals surface area contributed by atoms with Crippen LogP contribution >= 0.6 is 0 Å². The van der Waals surface area contributed by atoms with Gasteiger partial charge in [0.2, 0.25) is 0 Å². The lowest BCUT2D eigenvalue weighted by molar-refractivity contribution is 0.230. The van der Waals surface area contributed by atoms with Gasteiger partial charge in [0.1, 0.15) is 0 Å². The molecular weight excluding hydrogens is 264 g/mol. The Bertz CT molecular complexity index is 597. The Morgan fingerprint density at radius 3 is 2.68 bits per heavy atom. The SMILES string of the molecule is C=C1CC2CCCC(C)C2c2cc(/C=C/C(C)(C)C)ccc21. The van der Waals surface area contributed by atoms with Crippen LogP contribution < -0.4 is 0 Å². The number of fused-ring (bicyclic) bond motifs is 3. The molecule has 0 aliphatic heterocycles. The predicted octanol–water partition coefficient (Wildman–Crippen LogP) is 6.68. The first-order valence-electron chi connectivity index (χ1n) is 8.86. The molecular formula is C22H30. The summed E-state index contributed by atoms with van der Waals surface area (Å²) in [4.78, 5) is 0. The highest BCUT2D eigenvalue weighted by molar-refractivity contribution is 5.71. The van der Waals surface area contributed by atoms with E-state index in [-0.39, 0.29) is 5.41 Å². The van der Waals surface area contributed by atoms with Crippen molar-refractivity contribution in [3.63, 3.8) is 0 Å². The molecule has 2 aliphatic rings. The lowest BCUT2D eigenvalue weighted by Gasteiger charge is -2.42. The van der Waals surface area contributed by atoms with Crippen molar-refractivity contribution >= 4 is 11.6 Å². The lowest BCUT2D eigenvalue weighted by Crippen LogP contribution is -2.29. The van der Waals surface area contributed by atoms with Crippen LogP contribution in [0.5, 0.6) is 0 Å². The van der Waals surface area contributed by atoms with Crippen molar-refractivity contribution in [2.45, 2.75) is 59.3 Å². The van der Waals surface area contributed by atoms with Crippen molar-refractivity contribution in [2.75, 3.05) is 0 Å². The fourth-order valence-electron chi connectivity index (χ4n) is 4.37. The van der Waals surface area contributed by atoms with Crippen LogP contribution in [-0.2, 0) is 0 Å². The molecule has 22 heavy (non-hydrogen) atoms. The number of hydrogen-bond acceptors (Lipinski definition) is 0. The Labute approximate surface area is 136 Å². The van der Waals surface area contributed by atoms with Gasteiger partial charge >= 0.3 is 0 Å². The molecule has 3 rings (SSSR count). The molecule has 1 saturated carbocycles. The first-order valence-corrected chi connectivity index (χ1v) is 8.86. The molecule has 0 aromatic heterocycles. The van der Waals surface area contributed by atoms with Gasteiger partial charge in [0.05, 0.1) is 0 Å². The van der Waals surface area contributed by atoms with Gasteiger partial charge in [0.25, 0.3) is 0 Å². The Balaban J connectivity index is 2.00. The third kappa shape index (κ3) is 3.07. The molecule has 118 valence electrons. The van der Waals surface area contributed by atoms with E-state index in [1.54, 1.807) is 5.56 Å². The second kappa shape index (κ2) is 5.72. The summed E-state index contributed by atoms with van der Waals surface area (Å²) in [5, 5.41) is 0. The highest BCUT2D eigenvalue weighted by atomic mass is 14.4. The molecule has 3 atom stereocenters. The normalized spacial score (nSPS) is 28.5. The monoisotopic (exact) mass is 294 g/mol. The molecule has 0 nitrogen and oxygen atoms in total. The van der Waals surface area contributed by atoms with E-state index in [0.29, 0.717) is 0 Å². The summed E-state index contributed by atoms with van der Waals surface area (Å²) in [6.45, 7) is 13.6. The molecule has 2 aliphatic carbocycles. The molecule has 0 radical (unpaired) electrons. The van der Waals surface area contributed by atoms with Crippen molar-refractivity contribution < 1.29 is 0 Å². The lowest BCUT2D eigenvalue weighted by atomic mass is 9.62. The minimum Gasteiger partial charge on any atom is -0.0952 e. The highest BCUT2D eigenvalue weighted by Gasteiger charge is 2.37. The smallest absolute Gasteiger partial charge is 0.00985 e. The summed E-state index contributed by atoms with van der Waals surface area (Å²) < 4.78 is 0. The third-order valence-corrected chi connectivity index (χ3v) is 5.46. The van der Waals surface area contributed by atoms with Crippen LogP contribution in [0.15, 0.2) is 30.9 Å². The quantitative estimate of drug-likeness (QED) is 0.541. The van der Waals surface area contributed by atoms with Gasteiger partial charge in [-0.3, -0.25) is 0 Å². The van der Waals surface area contributed by atoms with Gasteiger partial charge in [-0.15, -0.1) is 0 Å². The van der Waals surface area contributed by atoms with E-state index in [0.717, 1.165) is 17.8 Å². The van der Waals surface area contributed by atoms with Crippen molar-refractivity contribution in [1.82, 2.24) is 0 Å². The Hall–Kier alpha value is -1.30. The van der Waals surface area contributed by atoms with E-state index in [4.69, 9.17) is 0 Å². The summed E-state index contributed by atoms with van der Waals surface area (Å²) >= 11 is 0. The van der Waals surface area contributed by atoms with Crippen LogP contribution in [0.3, 0.4) is 0 Å². The molecule has 0 saturated heterocycles. The molecule has 1 fully saturated rings. The maximum atomic E-state index is 4.37. The molecule has 0 spiro atoms. The second-order valence-corrected chi connectivity index (χ2v) is 8.55. The van der Waals surface area contributed by atoms with Crippen LogP contribution in [0.2, 0.25) is 0 Å². The fourth-order valence-corrected chi connectivity index (χ4v) is 4.37. The first kappa shape index (κ1) is 15.6. The zero-order chi connectivity index (χ0) is 15.9. The van der Waals surface area contributed by atoms with E-state index < -0.39 is 0 Å². The summed E-state index contributed by atoms with van der Waals surface area (Å²) in [7, 11) is 0. The molecule has 0 heterocycles. The van der Waals surface area contributed by atoms with Gasteiger partial charge in [0, 0.05) is 0 Å². The van der Waals surface area contributed by atoms with E-state index >= 15 is 0 Å². The average molecular weight is 294 g/mol. The van der Waals surface area contributed by atoms with Gasteiger partial charge in [-0.2, -0.15) is 0 Å². The molecule has 3 unspecified atom stereocenters. The van der Waals surface area contributed by atoms with E-state index in [9.17, 15) is 0 Å². The number of allylic oxidation sites excluding steroid dienone is 2. The Morgan fingerprint density at radius 2 is 1.95 bits per heavy atom. The summed E-state index contributed by atoms with van der Waals surface area (Å²) in [5.41, 5.74) is 5.95. The van der Waals surface area contributed by atoms with Gasteiger partial charge < -0.3 is 0 Å². The van der Waals surface area contributed by atoms with Gasteiger partial charge in [-0.05, 0) is 58.3 Å². The maximum Gasteiger partial charge on any atom is -0.00985 e. The molecule has 0 amide bonds. The van der Waals surface area contributed by atoms with Crippen LogP contribution in [0.25, 0.3) is 11.6 Å². The summed E-state index contributed by atoms with van der Waals surface area (Å²) in [6, 6.07) is 7.03. The Kier molecular flexibility index (Phi) is 4.05. The highest BCUT2D eigenvalue weighted by Crippen LogP contribution is 2.51. The molecule has 0 bridgehead atoms. The summed E-state index contributed by atoms with van der Waals surface area (Å²) in [6.07, 6.45) is 9.98. The third-order valence-electron chi connectivity index (χ3n) is 5.46. The van der Waals surface area contributed by atoms with E-state index in [2.05, 4.69) is 64.6 Å². The van der Waals surface area contributed by atoms with Crippen LogP contribution in [0.4, 0.5) is 0 Å². The molecule has 0 heteroatoms. The fraction of sp³-hybridized carbons (Fsp3) is 0.545. The predicted molar refractivity (Wildman–Crippen MR) is 97.8 cm³/mol. The Morgan fingerprint density at radius 1 is 1.18 bits per heavy atom. The zero-order valence-corrected chi connectivity index (χ0v) is 14.7. The van der Waals surface area contributed by atoms with Crippen LogP contribution in [0, 0.1) is 17.3 Å². The molecule has 1 aromatic rings. The maximum absolute atomic E-state index is 4.37. The van der Waals surface area contributed by atoms with Crippen LogP contribution in [0.1, 0.15) is 76.0 Å².